The molecule has 8 heteroatoms. The maximum absolute atomic E-state index is 9.49. The van der Waals surface area contributed by atoms with Crippen molar-refractivity contribution in [3.63, 3.8) is 0 Å². The highest BCUT2D eigenvalue weighted by molar-refractivity contribution is 5.41. The summed E-state index contributed by atoms with van der Waals surface area (Å²) < 4.78 is 12.7. The highest BCUT2D eigenvalue weighted by atomic mass is 16.5. The smallest absolute Gasteiger partial charge is 0.156 e. The summed E-state index contributed by atoms with van der Waals surface area (Å²) in [4.78, 5) is 15.7. The van der Waals surface area contributed by atoms with Crippen LogP contribution >= 0.6 is 0 Å². The van der Waals surface area contributed by atoms with Crippen LogP contribution in [0.3, 0.4) is 0 Å². The minimum Gasteiger partial charge on any atom is -0.395 e. The number of nitrogens with zero attached hydrogens (tertiary/aromatic N) is 5. The summed E-state index contributed by atoms with van der Waals surface area (Å²) >= 11 is 0. The number of hydrogen-bond donors (Lipinski definition) is 1. The number of aliphatic hydroxyl groups excluding tert-OH is 1. The molecule has 1 aliphatic rings. The molecule has 136 valence electrons. The molecule has 25 heavy (non-hydrogen) atoms. The van der Waals surface area contributed by atoms with Crippen LogP contribution in [0.5, 0.6) is 0 Å². The third kappa shape index (κ3) is 4.33. The largest absolute Gasteiger partial charge is 0.395 e. The van der Waals surface area contributed by atoms with Gasteiger partial charge in [-0.25, -0.2) is 15.0 Å². The Morgan fingerprint density at radius 2 is 2.32 bits per heavy atom. The molecular formula is C17H25N5O3. The summed E-state index contributed by atoms with van der Waals surface area (Å²) in [5.41, 5.74) is 0.970. The van der Waals surface area contributed by atoms with E-state index >= 15 is 0 Å². The Kier molecular flexibility index (Phi) is 5.95. The van der Waals surface area contributed by atoms with E-state index in [1.165, 1.54) is 0 Å². The van der Waals surface area contributed by atoms with Gasteiger partial charge >= 0.3 is 0 Å². The summed E-state index contributed by atoms with van der Waals surface area (Å²) in [5, 5.41) is 9.49. The average Bonchev–Trinajstić information content (AvgIpc) is 3.27. The van der Waals surface area contributed by atoms with Gasteiger partial charge in [0.2, 0.25) is 0 Å². The van der Waals surface area contributed by atoms with E-state index in [9.17, 15) is 5.11 Å². The van der Waals surface area contributed by atoms with Crippen LogP contribution in [0.1, 0.15) is 29.7 Å². The average molecular weight is 347 g/mol. The second-order valence-electron chi connectivity index (χ2n) is 6.16. The number of methoxy groups -OCH3 is 1. The molecule has 1 atom stereocenters. The fourth-order valence-electron chi connectivity index (χ4n) is 2.95. The van der Waals surface area contributed by atoms with Gasteiger partial charge < -0.3 is 24.0 Å². The van der Waals surface area contributed by atoms with Crippen molar-refractivity contribution < 1.29 is 14.6 Å². The summed E-state index contributed by atoms with van der Waals surface area (Å²) in [6.07, 6.45) is 4.64. The zero-order valence-corrected chi connectivity index (χ0v) is 14.8. The van der Waals surface area contributed by atoms with Crippen molar-refractivity contribution in [3.8, 4) is 0 Å². The predicted octanol–water partition coefficient (Wildman–Crippen LogP) is 0.859. The van der Waals surface area contributed by atoms with Crippen LogP contribution in [0, 0.1) is 0 Å². The number of aryl methyl sites for hydroxylation is 1. The van der Waals surface area contributed by atoms with Crippen LogP contribution in [-0.4, -0.2) is 58.1 Å². The molecule has 1 fully saturated rings. The van der Waals surface area contributed by atoms with Crippen LogP contribution in [-0.2, 0) is 29.7 Å². The van der Waals surface area contributed by atoms with Crippen molar-refractivity contribution in [2.75, 3.05) is 38.4 Å². The molecule has 0 amide bonds. The third-order valence-electron chi connectivity index (χ3n) is 4.35. The monoisotopic (exact) mass is 347 g/mol. The first-order valence-electron chi connectivity index (χ1n) is 8.47. The number of rotatable bonds is 8. The van der Waals surface area contributed by atoms with E-state index in [0.29, 0.717) is 32.1 Å². The van der Waals surface area contributed by atoms with Gasteiger partial charge in [0.1, 0.15) is 18.2 Å². The maximum Gasteiger partial charge on any atom is 0.156 e. The summed E-state index contributed by atoms with van der Waals surface area (Å²) in [7, 11) is 3.59. The fraction of sp³-hybridized carbons (Fsp3) is 0.588. The van der Waals surface area contributed by atoms with E-state index in [1.807, 2.05) is 28.8 Å². The Labute approximate surface area is 147 Å². The third-order valence-corrected chi connectivity index (χ3v) is 4.35. The molecule has 1 saturated heterocycles. The number of imidazole rings is 1. The van der Waals surface area contributed by atoms with Crippen LogP contribution in [0.4, 0.5) is 5.82 Å². The number of aliphatic hydroxyl groups is 1. The molecule has 1 unspecified atom stereocenters. The number of aromatic nitrogens is 4. The summed E-state index contributed by atoms with van der Waals surface area (Å²) in [6, 6.07) is 2.00. The van der Waals surface area contributed by atoms with Crippen molar-refractivity contribution in [1.29, 1.82) is 0 Å². The molecular weight excluding hydrogens is 322 g/mol. The minimum atomic E-state index is 0.0376. The van der Waals surface area contributed by atoms with Gasteiger partial charge in [-0.1, -0.05) is 0 Å². The summed E-state index contributed by atoms with van der Waals surface area (Å²) in [6.45, 7) is 2.87. The van der Waals surface area contributed by atoms with Gasteiger partial charge in [0.15, 0.2) is 5.82 Å². The molecule has 0 spiro atoms. The number of ether oxygens (including phenoxy) is 2. The molecule has 0 aromatic carbocycles. The molecule has 2 aromatic heterocycles. The Morgan fingerprint density at radius 3 is 2.96 bits per heavy atom. The molecule has 1 aliphatic heterocycles. The van der Waals surface area contributed by atoms with Gasteiger partial charge in [-0.2, -0.15) is 0 Å². The predicted molar refractivity (Wildman–Crippen MR) is 92.3 cm³/mol. The van der Waals surface area contributed by atoms with Crippen LogP contribution in [0.15, 0.2) is 18.5 Å². The van der Waals surface area contributed by atoms with Gasteiger partial charge in [-0.05, 0) is 6.42 Å². The maximum atomic E-state index is 9.49. The molecule has 0 saturated carbocycles. The normalized spacial score (nSPS) is 17.2. The molecule has 0 bridgehead atoms. The lowest BCUT2D eigenvalue weighted by Crippen LogP contribution is -2.29. The van der Waals surface area contributed by atoms with Crippen molar-refractivity contribution in [2.24, 2.45) is 7.05 Å². The lowest BCUT2D eigenvalue weighted by Gasteiger charge is -2.24. The van der Waals surface area contributed by atoms with Crippen LogP contribution in [0.25, 0.3) is 0 Å². The van der Waals surface area contributed by atoms with Gasteiger partial charge in [0, 0.05) is 51.7 Å². The minimum absolute atomic E-state index is 0.0376. The van der Waals surface area contributed by atoms with Crippen LogP contribution in [0.2, 0.25) is 0 Å². The van der Waals surface area contributed by atoms with Crippen molar-refractivity contribution in [2.45, 2.75) is 25.5 Å². The van der Waals surface area contributed by atoms with E-state index in [-0.39, 0.29) is 12.5 Å². The molecule has 0 aliphatic carbocycles. The zero-order valence-electron chi connectivity index (χ0n) is 14.8. The lowest BCUT2D eigenvalue weighted by molar-refractivity contribution is 0.177. The van der Waals surface area contributed by atoms with E-state index in [1.54, 1.807) is 13.3 Å². The van der Waals surface area contributed by atoms with E-state index in [2.05, 4.69) is 15.0 Å². The van der Waals surface area contributed by atoms with E-state index in [0.717, 1.165) is 30.4 Å². The SMILES string of the molecule is COCc1nc(C2CCOC2)cc(N(CCO)Cc2nccn2C)n1. The molecule has 1 N–H and O–H groups in total. The molecule has 0 radical (unpaired) electrons. The van der Waals surface area contributed by atoms with E-state index < -0.39 is 0 Å². The molecule has 2 aromatic rings. The van der Waals surface area contributed by atoms with Crippen molar-refractivity contribution in [3.05, 3.63) is 35.8 Å². The van der Waals surface area contributed by atoms with Gasteiger partial charge in [-0.15, -0.1) is 0 Å². The number of anilines is 1. The zero-order chi connectivity index (χ0) is 17.6. The van der Waals surface area contributed by atoms with E-state index in [4.69, 9.17) is 9.47 Å². The fourth-order valence-corrected chi connectivity index (χ4v) is 2.95. The number of hydrogen-bond acceptors (Lipinski definition) is 7. The van der Waals surface area contributed by atoms with Crippen LogP contribution < -0.4 is 4.90 Å². The molecule has 3 heterocycles. The Hall–Kier alpha value is -2.03. The molecule has 8 nitrogen and oxygen atoms in total. The highest BCUT2D eigenvalue weighted by Gasteiger charge is 2.22. The first-order valence-corrected chi connectivity index (χ1v) is 8.47. The quantitative estimate of drug-likeness (QED) is 0.758. The standard InChI is InChI=1S/C17H25N5O3/c1-21-5-4-18-17(21)10-22(6-7-23)16-9-14(13-3-8-25-11-13)19-15(20-16)12-24-2/h4-5,9,13,23H,3,6-8,10-12H2,1-2H3. The molecule has 3 rings (SSSR count). The Balaban J connectivity index is 1.91. The van der Waals surface area contributed by atoms with Gasteiger partial charge in [0.05, 0.1) is 25.5 Å². The van der Waals surface area contributed by atoms with Gasteiger partial charge in [-0.3, -0.25) is 0 Å². The first-order chi connectivity index (χ1) is 12.2. The topological polar surface area (TPSA) is 85.5 Å². The lowest BCUT2D eigenvalue weighted by atomic mass is 10.0. The Morgan fingerprint density at radius 1 is 1.44 bits per heavy atom. The van der Waals surface area contributed by atoms with Gasteiger partial charge in [0.25, 0.3) is 0 Å². The summed E-state index contributed by atoms with van der Waals surface area (Å²) in [5.74, 6) is 2.61. The second kappa shape index (κ2) is 8.37. The Bertz CT molecular complexity index is 685. The van der Waals surface area contributed by atoms with Crippen molar-refractivity contribution >= 4 is 5.82 Å². The highest BCUT2D eigenvalue weighted by Crippen LogP contribution is 2.26. The first kappa shape index (κ1) is 17.8. The second-order valence-corrected chi connectivity index (χ2v) is 6.16. The van der Waals surface area contributed by atoms with Crippen molar-refractivity contribution in [1.82, 2.24) is 19.5 Å².